The lowest BCUT2D eigenvalue weighted by molar-refractivity contribution is -0.122. The van der Waals surface area contributed by atoms with Gasteiger partial charge in [0.1, 0.15) is 5.75 Å². The minimum absolute atomic E-state index is 0.205. The van der Waals surface area contributed by atoms with Gasteiger partial charge in [-0.2, -0.15) is 0 Å². The molecule has 0 bridgehead atoms. The number of aryl methyl sites for hydroxylation is 2. The summed E-state index contributed by atoms with van der Waals surface area (Å²) in [6.07, 6.45) is -0.612. The average molecular weight is 383 g/mol. The maximum absolute atomic E-state index is 12.2. The molecule has 1 amide bonds. The van der Waals surface area contributed by atoms with E-state index in [4.69, 9.17) is 16.3 Å². The predicted molar refractivity (Wildman–Crippen MR) is 93.8 cm³/mol. The van der Waals surface area contributed by atoms with Crippen molar-refractivity contribution in [1.29, 1.82) is 0 Å². The normalized spacial score (nSPS) is 11.9. The van der Waals surface area contributed by atoms with Crippen LogP contribution in [0.2, 0.25) is 5.02 Å². The fraction of sp³-hybridized carbons (Fsp3) is 0.235. The van der Waals surface area contributed by atoms with Crippen LogP contribution in [0.25, 0.3) is 0 Å². The van der Waals surface area contributed by atoms with Crippen molar-refractivity contribution in [3.63, 3.8) is 0 Å². The third kappa shape index (κ3) is 4.24. The van der Waals surface area contributed by atoms with E-state index in [1.165, 1.54) is 0 Å². The SMILES string of the molecule is Cc1cc(O[C@H](C)C(=O)Nc2cccc(Br)c2)cc(C)c1Cl. The van der Waals surface area contributed by atoms with Crippen LogP contribution in [0.5, 0.6) is 5.75 Å². The molecule has 0 aliphatic heterocycles. The Morgan fingerprint density at radius 3 is 2.45 bits per heavy atom. The number of nitrogens with one attached hydrogen (secondary N) is 1. The zero-order valence-electron chi connectivity index (χ0n) is 12.6. The molecule has 5 heteroatoms. The quantitative estimate of drug-likeness (QED) is 0.796. The summed E-state index contributed by atoms with van der Waals surface area (Å²) >= 11 is 9.50. The minimum atomic E-state index is -0.612. The molecule has 0 aliphatic rings. The van der Waals surface area contributed by atoms with E-state index in [9.17, 15) is 4.79 Å². The van der Waals surface area contributed by atoms with Crippen LogP contribution in [0.1, 0.15) is 18.1 Å². The Hall–Kier alpha value is -1.52. The molecule has 0 spiro atoms. The number of hydrogen-bond acceptors (Lipinski definition) is 2. The van der Waals surface area contributed by atoms with Crippen molar-refractivity contribution in [2.24, 2.45) is 0 Å². The van der Waals surface area contributed by atoms with Crippen molar-refractivity contribution >= 4 is 39.1 Å². The molecule has 3 nitrogen and oxygen atoms in total. The molecular formula is C17H17BrClNO2. The van der Waals surface area contributed by atoms with Gasteiger partial charge in [-0.1, -0.05) is 33.6 Å². The van der Waals surface area contributed by atoms with Gasteiger partial charge in [0.05, 0.1) is 0 Å². The first-order chi connectivity index (χ1) is 10.4. The highest BCUT2D eigenvalue weighted by Crippen LogP contribution is 2.26. The molecule has 2 aromatic carbocycles. The highest BCUT2D eigenvalue weighted by molar-refractivity contribution is 9.10. The molecule has 22 heavy (non-hydrogen) atoms. The highest BCUT2D eigenvalue weighted by Gasteiger charge is 2.16. The smallest absolute Gasteiger partial charge is 0.265 e. The Labute approximate surface area is 143 Å². The molecule has 0 fully saturated rings. The van der Waals surface area contributed by atoms with E-state index in [2.05, 4.69) is 21.2 Å². The Morgan fingerprint density at radius 1 is 1.23 bits per heavy atom. The van der Waals surface area contributed by atoms with Gasteiger partial charge in [0, 0.05) is 15.2 Å². The first kappa shape index (κ1) is 16.8. The first-order valence-corrected chi connectivity index (χ1v) is 8.03. The van der Waals surface area contributed by atoms with Gasteiger partial charge in [0.25, 0.3) is 5.91 Å². The zero-order valence-corrected chi connectivity index (χ0v) is 15.0. The van der Waals surface area contributed by atoms with E-state index in [1.807, 2.05) is 50.2 Å². The van der Waals surface area contributed by atoms with Gasteiger partial charge in [-0.05, 0) is 62.2 Å². The molecule has 0 aromatic heterocycles. The second-order valence-corrected chi connectivity index (χ2v) is 6.42. The van der Waals surface area contributed by atoms with E-state index in [-0.39, 0.29) is 5.91 Å². The molecular weight excluding hydrogens is 366 g/mol. The zero-order chi connectivity index (χ0) is 16.3. The Kier molecular flexibility index (Phi) is 5.48. The maximum Gasteiger partial charge on any atom is 0.265 e. The van der Waals surface area contributed by atoms with Gasteiger partial charge in [0.15, 0.2) is 6.10 Å². The second kappa shape index (κ2) is 7.16. The molecule has 0 radical (unpaired) electrons. The fourth-order valence-electron chi connectivity index (χ4n) is 2.04. The summed E-state index contributed by atoms with van der Waals surface area (Å²) in [7, 11) is 0. The number of halogens is 2. The van der Waals surface area contributed by atoms with Crippen molar-refractivity contribution in [3.8, 4) is 5.75 Å². The highest BCUT2D eigenvalue weighted by atomic mass is 79.9. The summed E-state index contributed by atoms with van der Waals surface area (Å²) < 4.78 is 6.62. The topological polar surface area (TPSA) is 38.3 Å². The molecule has 0 heterocycles. The molecule has 0 saturated heterocycles. The molecule has 116 valence electrons. The van der Waals surface area contributed by atoms with Crippen molar-refractivity contribution in [3.05, 3.63) is 57.0 Å². The van der Waals surface area contributed by atoms with E-state index in [0.717, 1.165) is 26.3 Å². The number of anilines is 1. The number of hydrogen-bond donors (Lipinski definition) is 1. The Morgan fingerprint density at radius 2 is 1.86 bits per heavy atom. The molecule has 0 unspecified atom stereocenters. The van der Waals surface area contributed by atoms with Crippen LogP contribution in [-0.4, -0.2) is 12.0 Å². The van der Waals surface area contributed by atoms with Crippen LogP contribution in [0.15, 0.2) is 40.9 Å². The molecule has 0 aliphatic carbocycles. The lowest BCUT2D eigenvalue weighted by Gasteiger charge is -2.16. The monoisotopic (exact) mass is 381 g/mol. The van der Waals surface area contributed by atoms with Gasteiger partial charge in [0.2, 0.25) is 0 Å². The number of amides is 1. The van der Waals surface area contributed by atoms with Crippen LogP contribution >= 0.6 is 27.5 Å². The van der Waals surface area contributed by atoms with Gasteiger partial charge < -0.3 is 10.1 Å². The second-order valence-electron chi connectivity index (χ2n) is 5.13. The fourth-order valence-corrected chi connectivity index (χ4v) is 2.55. The predicted octanol–water partition coefficient (Wildman–Crippen LogP) is 5.13. The van der Waals surface area contributed by atoms with Gasteiger partial charge in [-0.25, -0.2) is 0 Å². The van der Waals surface area contributed by atoms with Crippen molar-refractivity contribution in [2.45, 2.75) is 26.9 Å². The summed E-state index contributed by atoms with van der Waals surface area (Å²) in [6, 6.07) is 11.1. The lowest BCUT2D eigenvalue weighted by atomic mass is 10.1. The van der Waals surface area contributed by atoms with Gasteiger partial charge in [-0.3, -0.25) is 4.79 Å². The van der Waals surface area contributed by atoms with Crippen LogP contribution in [0.4, 0.5) is 5.69 Å². The third-order valence-electron chi connectivity index (χ3n) is 3.18. The largest absolute Gasteiger partial charge is 0.481 e. The number of ether oxygens (including phenoxy) is 1. The molecule has 2 rings (SSSR count). The summed E-state index contributed by atoms with van der Waals surface area (Å²) in [6.45, 7) is 5.54. The van der Waals surface area contributed by atoms with Gasteiger partial charge in [-0.15, -0.1) is 0 Å². The maximum atomic E-state index is 12.2. The van der Waals surface area contributed by atoms with E-state index in [1.54, 1.807) is 6.92 Å². The first-order valence-electron chi connectivity index (χ1n) is 6.86. The van der Waals surface area contributed by atoms with Crippen molar-refractivity contribution < 1.29 is 9.53 Å². The number of benzene rings is 2. The van der Waals surface area contributed by atoms with Crippen molar-refractivity contribution in [2.75, 3.05) is 5.32 Å². The molecule has 2 aromatic rings. The third-order valence-corrected chi connectivity index (χ3v) is 4.27. The average Bonchev–Trinajstić information content (AvgIpc) is 2.44. The molecule has 1 atom stereocenters. The summed E-state index contributed by atoms with van der Waals surface area (Å²) in [5, 5.41) is 3.54. The van der Waals surface area contributed by atoms with Crippen LogP contribution in [-0.2, 0) is 4.79 Å². The number of rotatable bonds is 4. The summed E-state index contributed by atoms with van der Waals surface area (Å²) in [5.74, 6) is 0.430. The number of carbonyl (C=O) groups excluding carboxylic acids is 1. The van der Waals surface area contributed by atoms with E-state index < -0.39 is 6.10 Å². The summed E-state index contributed by atoms with van der Waals surface area (Å²) in [4.78, 5) is 12.2. The van der Waals surface area contributed by atoms with Gasteiger partial charge >= 0.3 is 0 Å². The summed E-state index contributed by atoms with van der Waals surface area (Å²) in [5.41, 5.74) is 2.57. The number of carbonyl (C=O) groups is 1. The minimum Gasteiger partial charge on any atom is -0.481 e. The van der Waals surface area contributed by atoms with Crippen LogP contribution in [0, 0.1) is 13.8 Å². The Bertz CT molecular complexity index is 680. The Balaban J connectivity index is 2.05. The standard InChI is InChI=1S/C17H17BrClNO2/c1-10-7-15(8-11(2)16(10)19)22-12(3)17(21)20-14-6-4-5-13(18)9-14/h4-9,12H,1-3H3,(H,20,21)/t12-/m1/s1. The molecule has 0 saturated carbocycles. The van der Waals surface area contributed by atoms with Crippen molar-refractivity contribution in [1.82, 2.24) is 0 Å². The van der Waals surface area contributed by atoms with E-state index in [0.29, 0.717) is 5.75 Å². The molecule has 1 N–H and O–H groups in total. The van der Waals surface area contributed by atoms with E-state index >= 15 is 0 Å². The van der Waals surface area contributed by atoms with Crippen LogP contribution in [0.3, 0.4) is 0 Å². The lowest BCUT2D eigenvalue weighted by Crippen LogP contribution is -2.30. The van der Waals surface area contributed by atoms with Crippen LogP contribution < -0.4 is 10.1 Å².